The Balaban J connectivity index is 1.82. The highest BCUT2D eigenvalue weighted by Gasteiger charge is 2.11. The summed E-state index contributed by atoms with van der Waals surface area (Å²) >= 11 is 1.46. The number of nitrogens with one attached hydrogen (secondary N) is 1. The number of ketones is 1. The van der Waals surface area contributed by atoms with E-state index in [0.29, 0.717) is 17.1 Å². The number of hydrogen-bond acceptors (Lipinski definition) is 6. The maximum absolute atomic E-state index is 12.4. The van der Waals surface area contributed by atoms with E-state index >= 15 is 0 Å². The quantitative estimate of drug-likeness (QED) is 0.476. The minimum absolute atomic E-state index is 0.0484. The fourth-order valence-electron chi connectivity index (χ4n) is 2.41. The third-order valence-corrected chi connectivity index (χ3v) is 4.37. The SMILES string of the molecule is COc1cc(N/C(=C/C(=O)c2ccccc2)SC)ccc1-c1cnco1. The van der Waals surface area contributed by atoms with E-state index in [9.17, 15) is 4.79 Å². The number of thioether (sulfide) groups is 1. The second-order valence-electron chi connectivity index (χ2n) is 5.35. The van der Waals surface area contributed by atoms with Gasteiger partial charge in [-0.3, -0.25) is 4.79 Å². The standard InChI is InChI=1S/C20H18N2O3S/c1-24-18-10-15(8-9-16(18)19-12-21-13-25-19)22-20(26-2)11-17(23)14-6-4-3-5-7-14/h3-13,22H,1-2H3/b20-11-. The third-order valence-electron chi connectivity index (χ3n) is 3.71. The summed E-state index contributed by atoms with van der Waals surface area (Å²) in [6, 6.07) is 14.8. The van der Waals surface area contributed by atoms with E-state index in [1.165, 1.54) is 18.2 Å². The summed E-state index contributed by atoms with van der Waals surface area (Å²) in [5.74, 6) is 1.24. The van der Waals surface area contributed by atoms with Gasteiger partial charge in [0.1, 0.15) is 5.75 Å². The molecule has 0 amide bonds. The summed E-state index contributed by atoms with van der Waals surface area (Å²) in [6.45, 7) is 0. The number of hydrogen-bond donors (Lipinski definition) is 1. The van der Waals surface area contributed by atoms with E-state index in [4.69, 9.17) is 9.15 Å². The molecule has 0 saturated carbocycles. The molecule has 0 aliphatic carbocycles. The van der Waals surface area contributed by atoms with Crippen LogP contribution in [0.15, 0.2) is 76.6 Å². The molecule has 6 heteroatoms. The lowest BCUT2D eigenvalue weighted by Gasteiger charge is -2.12. The molecule has 1 N–H and O–H groups in total. The van der Waals surface area contributed by atoms with Crippen LogP contribution in [0.25, 0.3) is 11.3 Å². The van der Waals surface area contributed by atoms with Gasteiger partial charge < -0.3 is 14.5 Å². The molecule has 0 unspecified atom stereocenters. The van der Waals surface area contributed by atoms with Gasteiger partial charge in [-0.1, -0.05) is 30.3 Å². The number of rotatable bonds is 7. The molecule has 26 heavy (non-hydrogen) atoms. The summed E-state index contributed by atoms with van der Waals surface area (Å²) in [5, 5.41) is 4.00. The largest absolute Gasteiger partial charge is 0.496 e. The maximum atomic E-state index is 12.4. The van der Waals surface area contributed by atoms with Crippen molar-refractivity contribution in [2.75, 3.05) is 18.7 Å². The number of benzene rings is 2. The van der Waals surface area contributed by atoms with Crippen LogP contribution >= 0.6 is 11.8 Å². The zero-order valence-corrected chi connectivity index (χ0v) is 15.2. The molecular formula is C20H18N2O3S. The smallest absolute Gasteiger partial charge is 0.188 e. The molecule has 0 radical (unpaired) electrons. The molecular weight excluding hydrogens is 348 g/mol. The van der Waals surface area contributed by atoms with Gasteiger partial charge in [0.05, 0.1) is 23.9 Å². The highest BCUT2D eigenvalue weighted by Crippen LogP contribution is 2.33. The van der Waals surface area contributed by atoms with Crippen LogP contribution < -0.4 is 10.1 Å². The predicted octanol–water partition coefficient (Wildman–Crippen LogP) is 4.85. The van der Waals surface area contributed by atoms with E-state index in [1.54, 1.807) is 31.5 Å². The van der Waals surface area contributed by atoms with Gasteiger partial charge in [0, 0.05) is 23.4 Å². The first-order valence-corrected chi connectivity index (χ1v) is 9.12. The zero-order valence-electron chi connectivity index (χ0n) is 14.4. The summed E-state index contributed by atoms with van der Waals surface area (Å²) in [7, 11) is 1.60. The van der Waals surface area contributed by atoms with Crippen molar-refractivity contribution in [3.05, 3.63) is 77.8 Å². The lowest BCUT2D eigenvalue weighted by atomic mass is 10.1. The summed E-state index contributed by atoms with van der Waals surface area (Å²) in [5.41, 5.74) is 2.27. The molecule has 0 atom stereocenters. The van der Waals surface area contributed by atoms with Gasteiger partial charge in [0.15, 0.2) is 17.9 Å². The van der Waals surface area contributed by atoms with Crippen LogP contribution in [0.5, 0.6) is 5.75 Å². The van der Waals surface area contributed by atoms with Gasteiger partial charge in [-0.05, 0) is 18.4 Å². The van der Waals surface area contributed by atoms with Gasteiger partial charge in [0.2, 0.25) is 0 Å². The fourth-order valence-corrected chi connectivity index (χ4v) is 2.86. The average molecular weight is 366 g/mol. The van der Waals surface area contributed by atoms with Crippen LogP contribution in [0.2, 0.25) is 0 Å². The Morgan fingerprint density at radius 3 is 2.69 bits per heavy atom. The van der Waals surface area contributed by atoms with Crippen molar-refractivity contribution in [1.82, 2.24) is 4.98 Å². The van der Waals surface area contributed by atoms with E-state index in [1.807, 2.05) is 42.7 Å². The van der Waals surface area contributed by atoms with Gasteiger partial charge in [-0.25, -0.2) is 4.98 Å². The highest BCUT2D eigenvalue weighted by atomic mass is 32.2. The molecule has 1 aromatic heterocycles. The molecule has 3 aromatic rings. The first-order chi connectivity index (χ1) is 12.7. The molecule has 5 nitrogen and oxygen atoms in total. The van der Waals surface area contributed by atoms with Crippen LogP contribution in [0, 0.1) is 0 Å². The number of carbonyl (C=O) groups excluding carboxylic acids is 1. The van der Waals surface area contributed by atoms with Crippen molar-refractivity contribution in [2.45, 2.75) is 0 Å². The Hall–Kier alpha value is -2.99. The Morgan fingerprint density at radius 2 is 2.04 bits per heavy atom. The number of anilines is 1. The second kappa shape index (κ2) is 8.40. The normalized spacial score (nSPS) is 11.2. The minimum Gasteiger partial charge on any atom is -0.496 e. The first kappa shape index (κ1) is 17.8. The lowest BCUT2D eigenvalue weighted by Crippen LogP contribution is -2.02. The van der Waals surface area contributed by atoms with Crippen molar-refractivity contribution in [2.24, 2.45) is 0 Å². The van der Waals surface area contributed by atoms with Gasteiger partial charge >= 0.3 is 0 Å². The van der Waals surface area contributed by atoms with E-state index in [0.717, 1.165) is 16.3 Å². The van der Waals surface area contributed by atoms with Crippen LogP contribution in [0.3, 0.4) is 0 Å². The van der Waals surface area contributed by atoms with E-state index in [-0.39, 0.29) is 5.78 Å². The van der Waals surface area contributed by atoms with E-state index in [2.05, 4.69) is 10.3 Å². The van der Waals surface area contributed by atoms with Crippen molar-refractivity contribution >= 4 is 23.2 Å². The van der Waals surface area contributed by atoms with Crippen molar-refractivity contribution < 1.29 is 13.9 Å². The average Bonchev–Trinajstić information content (AvgIpc) is 3.22. The fraction of sp³-hybridized carbons (Fsp3) is 0.100. The molecule has 0 aliphatic heterocycles. The molecule has 0 saturated heterocycles. The lowest BCUT2D eigenvalue weighted by molar-refractivity contribution is 0.104. The second-order valence-corrected chi connectivity index (χ2v) is 6.20. The third kappa shape index (κ3) is 4.15. The van der Waals surface area contributed by atoms with Gasteiger partial charge in [-0.15, -0.1) is 11.8 Å². The number of oxazole rings is 1. The topological polar surface area (TPSA) is 64.4 Å². The monoisotopic (exact) mass is 366 g/mol. The predicted molar refractivity (Wildman–Crippen MR) is 104 cm³/mol. The number of aromatic nitrogens is 1. The van der Waals surface area contributed by atoms with Gasteiger partial charge in [-0.2, -0.15) is 0 Å². The highest BCUT2D eigenvalue weighted by molar-refractivity contribution is 8.02. The molecule has 132 valence electrons. The Bertz CT molecular complexity index is 906. The van der Waals surface area contributed by atoms with Crippen LogP contribution in [-0.2, 0) is 0 Å². The summed E-state index contributed by atoms with van der Waals surface area (Å²) in [4.78, 5) is 16.3. The molecule has 0 bridgehead atoms. The van der Waals surface area contributed by atoms with Crippen molar-refractivity contribution in [3.63, 3.8) is 0 Å². The van der Waals surface area contributed by atoms with Crippen LogP contribution in [-0.4, -0.2) is 24.1 Å². The molecule has 0 spiro atoms. The number of methoxy groups -OCH3 is 1. The Labute approximate surface area is 156 Å². The van der Waals surface area contributed by atoms with Crippen molar-refractivity contribution in [3.8, 4) is 17.1 Å². The van der Waals surface area contributed by atoms with E-state index < -0.39 is 0 Å². The molecule has 1 heterocycles. The number of ether oxygens (including phenoxy) is 1. The molecule has 3 rings (SSSR count). The Morgan fingerprint density at radius 1 is 1.23 bits per heavy atom. The molecule has 0 fully saturated rings. The number of carbonyl (C=O) groups is 1. The molecule has 0 aliphatic rings. The number of allylic oxidation sites excluding steroid dienone is 1. The zero-order chi connectivity index (χ0) is 18.4. The summed E-state index contributed by atoms with van der Waals surface area (Å²) in [6.07, 6.45) is 6.52. The van der Waals surface area contributed by atoms with Crippen molar-refractivity contribution in [1.29, 1.82) is 0 Å². The number of nitrogens with zero attached hydrogens (tertiary/aromatic N) is 1. The molecule has 2 aromatic carbocycles. The van der Waals surface area contributed by atoms with Crippen LogP contribution in [0.4, 0.5) is 5.69 Å². The van der Waals surface area contributed by atoms with Gasteiger partial charge in [0.25, 0.3) is 0 Å². The summed E-state index contributed by atoms with van der Waals surface area (Å²) < 4.78 is 10.8. The first-order valence-electron chi connectivity index (χ1n) is 7.90. The minimum atomic E-state index is -0.0484. The Kier molecular flexibility index (Phi) is 5.76. The maximum Gasteiger partial charge on any atom is 0.188 e. The van der Waals surface area contributed by atoms with Crippen LogP contribution in [0.1, 0.15) is 10.4 Å².